The third kappa shape index (κ3) is 5.12. The van der Waals surface area contributed by atoms with E-state index in [-0.39, 0.29) is 5.70 Å². The van der Waals surface area contributed by atoms with Crippen LogP contribution in [0.2, 0.25) is 0 Å². The van der Waals surface area contributed by atoms with Crippen molar-refractivity contribution < 1.29 is 28.6 Å². The molecule has 0 unspecified atom stereocenters. The van der Waals surface area contributed by atoms with Crippen LogP contribution in [0.3, 0.4) is 0 Å². The summed E-state index contributed by atoms with van der Waals surface area (Å²) >= 11 is 0. The van der Waals surface area contributed by atoms with E-state index in [1.807, 2.05) is 18.2 Å². The minimum atomic E-state index is -0.662. The molecule has 10 nitrogen and oxygen atoms in total. The van der Waals surface area contributed by atoms with Gasteiger partial charge in [-0.3, -0.25) is 9.59 Å². The molecule has 0 aromatic heterocycles. The van der Waals surface area contributed by atoms with Gasteiger partial charge in [-0.25, -0.2) is 9.69 Å². The van der Waals surface area contributed by atoms with Gasteiger partial charge in [-0.15, -0.1) is 0 Å². The van der Waals surface area contributed by atoms with Crippen molar-refractivity contribution in [3.63, 3.8) is 0 Å². The number of carbonyl (C=O) groups is 3. The number of nitrogens with one attached hydrogen (secondary N) is 2. The summed E-state index contributed by atoms with van der Waals surface area (Å²) in [4.78, 5) is 40.6. The lowest BCUT2D eigenvalue weighted by Crippen LogP contribution is -2.38. The van der Waals surface area contributed by atoms with E-state index in [1.165, 1.54) is 0 Å². The number of nitrogens with zero attached hydrogens (tertiary/aromatic N) is 2. The fourth-order valence-corrected chi connectivity index (χ4v) is 3.73. The second kappa shape index (κ2) is 10.3. The number of anilines is 2. The molecule has 2 heterocycles. The standard InChI is InChI=1S/C24H26N4O6/c1-32-19-7-4-17(5-8-19)25-22(29)15-28-23(30)20(26-24(28)31)13-16-3-6-18(14-21(16)33-2)27-9-11-34-12-10-27/h3-8,13-14H,9-12,15H2,1-2H3,(H,25,29)(H,26,31)/b20-13-. The number of amides is 4. The molecule has 0 bridgehead atoms. The molecular formula is C24H26N4O6. The predicted octanol–water partition coefficient (Wildman–Crippen LogP) is 2.07. The molecule has 2 N–H and O–H groups in total. The fraction of sp³-hybridized carbons (Fsp3) is 0.292. The van der Waals surface area contributed by atoms with Crippen LogP contribution in [0.25, 0.3) is 6.08 Å². The van der Waals surface area contributed by atoms with Gasteiger partial charge in [0.1, 0.15) is 23.7 Å². The van der Waals surface area contributed by atoms with Crippen molar-refractivity contribution in [2.75, 3.05) is 57.3 Å². The lowest BCUT2D eigenvalue weighted by molar-refractivity contribution is -0.127. The fourth-order valence-electron chi connectivity index (χ4n) is 3.73. The van der Waals surface area contributed by atoms with Crippen molar-refractivity contribution in [3.05, 3.63) is 53.7 Å². The summed E-state index contributed by atoms with van der Waals surface area (Å²) < 4.78 is 16.0. The summed E-state index contributed by atoms with van der Waals surface area (Å²) in [5, 5.41) is 5.20. The number of methoxy groups -OCH3 is 2. The van der Waals surface area contributed by atoms with Gasteiger partial charge in [-0.1, -0.05) is 0 Å². The Bertz CT molecular complexity index is 1110. The molecular weight excluding hydrogens is 440 g/mol. The quantitative estimate of drug-likeness (QED) is 0.475. The first-order valence-electron chi connectivity index (χ1n) is 10.8. The van der Waals surface area contributed by atoms with Crippen molar-refractivity contribution >= 4 is 35.3 Å². The van der Waals surface area contributed by atoms with Gasteiger partial charge in [0.15, 0.2) is 0 Å². The highest BCUT2D eigenvalue weighted by Gasteiger charge is 2.35. The number of hydrogen-bond donors (Lipinski definition) is 2. The summed E-state index contributed by atoms with van der Waals surface area (Å²) in [6, 6.07) is 11.7. The van der Waals surface area contributed by atoms with Crippen LogP contribution in [0.1, 0.15) is 5.56 Å². The van der Waals surface area contributed by atoms with E-state index in [0.29, 0.717) is 36.0 Å². The van der Waals surface area contributed by atoms with E-state index >= 15 is 0 Å². The summed E-state index contributed by atoms with van der Waals surface area (Å²) in [7, 11) is 3.09. The molecule has 0 saturated carbocycles. The first kappa shape index (κ1) is 23.1. The summed E-state index contributed by atoms with van der Waals surface area (Å²) in [6.07, 6.45) is 1.55. The Morgan fingerprint density at radius 3 is 2.50 bits per heavy atom. The summed E-state index contributed by atoms with van der Waals surface area (Å²) in [5.41, 5.74) is 2.21. The SMILES string of the molecule is COc1ccc(NC(=O)CN2C(=O)N/C(=C\c3ccc(N4CCOCC4)cc3OC)C2=O)cc1. The number of benzene rings is 2. The molecule has 4 rings (SSSR count). The van der Waals surface area contributed by atoms with E-state index in [2.05, 4.69) is 15.5 Å². The van der Waals surface area contributed by atoms with Crippen LogP contribution in [0.5, 0.6) is 11.5 Å². The van der Waals surface area contributed by atoms with Gasteiger partial charge in [-0.05, 0) is 42.5 Å². The zero-order chi connectivity index (χ0) is 24.1. The van der Waals surface area contributed by atoms with E-state index in [1.54, 1.807) is 44.6 Å². The maximum atomic E-state index is 12.8. The van der Waals surface area contributed by atoms with Crippen molar-refractivity contribution in [2.24, 2.45) is 0 Å². The molecule has 0 aliphatic carbocycles. The zero-order valence-corrected chi connectivity index (χ0v) is 19.0. The third-order valence-corrected chi connectivity index (χ3v) is 5.53. The Morgan fingerprint density at radius 1 is 1.09 bits per heavy atom. The van der Waals surface area contributed by atoms with Crippen LogP contribution in [0.4, 0.5) is 16.2 Å². The van der Waals surface area contributed by atoms with Crippen LogP contribution in [0, 0.1) is 0 Å². The largest absolute Gasteiger partial charge is 0.497 e. The van der Waals surface area contributed by atoms with E-state index in [0.717, 1.165) is 23.7 Å². The molecule has 2 fully saturated rings. The Labute approximate surface area is 197 Å². The number of carbonyl (C=O) groups excluding carboxylic acids is 3. The number of urea groups is 1. The van der Waals surface area contributed by atoms with Crippen LogP contribution >= 0.6 is 0 Å². The smallest absolute Gasteiger partial charge is 0.329 e. The molecule has 2 saturated heterocycles. The minimum absolute atomic E-state index is 0.0691. The van der Waals surface area contributed by atoms with Crippen molar-refractivity contribution in [1.82, 2.24) is 10.2 Å². The predicted molar refractivity (Wildman–Crippen MR) is 126 cm³/mol. The average Bonchev–Trinajstić information content (AvgIpc) is 3.12. The monoisotopic (exact) mass is 466 g/mol. The normalized spacial score (nSPS) is 17.1. The molecule has 0 radical (unpaired) electrons. The van der Waals surface area contributed by atoms with Crippen molar-refractivity contribution in [2.45, 2.75) is 0 Å². The van der Waals surface area contributed by atoms with Gasteiger partial charge in [0.25, 0.3) is 5.91 Å². The first-order chi connectivity index (χ1) is 16.5. The van der Waals surface area contributed by atoms with E-state index in [4.69, 9.17) is 14.2 Å². The molecule has 0 atom stereocenters. The number of ether oxygens (including phenoxy) is 3. The van der Waals surface area contributed by atoms with Crippen LogP contribution in [-0.2, 0) is 14.3 Å². The maximum Gasteiger partial charge on any atom is 0.329 e. The van der Waals surface area contributed by atoms with Crippen molar-refractivity contribution in [1.29, 1.82) is 0 Å². The van der Waals surface area contributed by atoms with Crippen LogP contribution in [0.15, 0.2) is 48.2 Å². The van der Waals surface area contributed by atoms with Gasteiger partial charge in [0.05, 0.1) is 27.4 Å². The highest BCUT2D eigenvalue weighted by molar-refractivity contribution is 6.16. The Kier molecular flexibility index (Phi) is 6.98. The highest BCUT2D eigenvalue weighted by Crippen LogP contribution is 2.28. The van der Waals surface area contributed by atoms with E-state index < -0.39 is 24.4 Å². The maximum absolute atomic E-state index is 12.8. The number of hydrogen-bond acceptors (Lipinski definition) is 7. The highest BCUT2D eigenvalue weighted by atomic mass is 16.5. The molecule has 10 heteroatoms. The average molecular weight is 466 g/mol. The number of rotatable bonds is 7. The van der Waals surface area contributed by atoms with Crippen LogP contribution < -0.4 is 25.0 Å². The molecule has 2 aromatic carbocycles. The Morgan fingerprint density at radius 2 is 1.82 bits per heavy atom. The molecule has 2 aliphatic heterocycles. The van der Waals surface area contributed by atoms with Gasteiger partial charge in [-0.2, -0.15) is 0 Å². The lowest BCUT2D eigenvalue weighted by atomic mass is 10.1. The molecule has 2 aliphatic rings. The lowest BCUT2D eigenvalue weighted by Gasteiger charge is -2.29. The second-order valence-corrected chi connectivity index (χ2v) is 7.68. The van der Waals surface area contributed by atoms with Gasteiger partial charge >= 0.3 is 6.03 Å². The summed E-state index contributed by atoms with van der Waals surface area (Å²) in [6.45, 7) is 2.48. The van der Waals surface area contributed by atoms with Gasteiger partial charge in [0, 0.05) is 36.1 Å². The number of imide groups is 1. The Hall–Kier alpha value is -4.05. The summed E-state index contributed by atoms with van der Waals surface area (Å²) in [5.74, 6) is 0.126. The molecule has 34 heavy (non-hydrogen) atoms. The molecule has 2 aromatic rings. The van der Waals surface area contributed by atoms with Crippen LogP contribution in [-0.4, -0.2) is 69.8 Å². The zero-order valence-electron chi connectivity index (χ0n) is 19.0. The van der Waals surface area contributed by atoms with Crippen molar-refractivity contribution in [3.8, 4) is 11.5 Å². The molecule has 178 valence electrons. The first-order valence-corrected chi connectivity index (χ1v) is 10.8. The molecule has 0 spiro atoms. The second-order valence-electron chi connectivity index (χ2n) is 7.68. The van der Waals surface area contributed by atoms with Gasteiger partial charge < -0.3 is 29.7 Å². The minimum Gasteiger partial charge on any atom is -0.497 e. The van der Waals surface area contributed by atoms with Gasteiger partial charge in [0.2, 0.25) is 5.91 Å². The number of morpholine rings is 1. The Balaban J connectivity index is 1.45. The topological polar surface area (TPSA) is 109 Å². The van der Waals surface area contributed by atoms with E-state index in [9.17, 15) is 14.4 Å². The third-order valence-electron chi connectivity index (χ3n) is 5.53. The molecule has 4 amide bonds.